The molecular formula is C22H22ClN3O4. The zero-order valence-corrected chi connectivity index (χ0v) is 17.6. The molecule has 0 spiro atoms. The first kappa shape index (κ1) is 20.2. The van der Waals surface area contributed by atoms with Crippen LogP contribution in [0.1, 0.15) is 30.3 Å². The van der Waals surface area contributed by atoms with E-state index in [4.69, 9.17) is 25.6 Å². The largest absolute Gasteiger partial charge is 0.493 e. The van der Waals surface area contributed by atoms with Gasteiger partial charge in [0.05, 0.1) is 20.6 Å². The monoisotopic (exact) mass is 427 g/mol. The van der Waals surface area contributed by atoms with Gasteiger partial charge < -0.3 is 18.9 Å². The third-order valence-corrected chi connectivity index (χ3v) is 5.42. The van der Waals surface area contributed by atoms with E-state index in [1.165, 1.54) is 0 Å². The lowest BCUT2D eigenvalue weighted by Gasteiger charge is -2.22. The van der Waals surface area contributed by atoms with E-state index in [2.05, 4.69) is 10.1 Å². The molecule has 0 aliphatic carbocycles. The first-order chi connectivity index (χ1) is 14.6. The third kappa shape index (κ3) is 4.11. The number of benzene rings is 2. The minimum Gasteiger partial charge on any atom is -0.493 e. The van der Waals surface area contributed by atoms with E-state index in [0.29, 0.717) is 34.8 Å². The average molecular weight is 428 g/mol. The Morgan fingerprint density at radius 1 is 1.20 bits per heavy atom. The summed E-state index contributed by atoms with van der Waals surface area (Å²) in [5.74, 6) is 2.15. The predicted molar refractivity (Wildman–Crippen MR) is 112 cm³/mol. The standard InChI is InChI=1S/C22H22ClN3O4/c1-28-18-9-8-14(11-19(18)29-2)12-20(27)26-10-4-7-17(26)22-24-21(25-30-22)15-5-3-6-16(23)13-15/h3,5-6,8-9,11,13,17H,4,7,10,12H2,1-2H3. The van der Waals surface area contributed by atoms with Gasteiger partial charge in [-0.05, 0) is 42.7 Å². The molecule has 2 heterocycles. The maximum Gasteiger partial charge on any atom is 0.249 e. The molecule has 2 aromatic carbocycles. The molecule has 0 N–H and O–H groups in total. The Hall–Kier alpha value is -3.06. The fourth-order valence-corrected chi connectivity index (χ4v) is 3.89. The van der Waals surface area contributed by atoms with E-state index in [-0.39, 0.29) is 18.4 Å². The molecule has 30 heavy (non-hydrogen) atoms. The topological polar surface area (TPSA) is 77.7 Å². The van der Waals surface area contributed by atoms with Crippen molar-refractivity contribution in [2.45, 2.75) is 25.3 Å². The van der Waals surface area contributed by atoms with Gasteiger partial charge in [0, 0.05) is 17.1 Å². The minimum absolute atomic E-state index is 0.00669. The molecule has 0 bridgehead atoms. The molecule has 4 rings (SSSR count). The summed E-state index contributed by atoms with van der Waals surface area (Å²) in [6, 6.07) is 12.6. The van der Waals surface area contributed by atoms with Crippen molar-refractivity contribution in [3.63, 3.8) is 0 Å². The Bertz CT molecular complexity index is 1050. The second-order valence-corrected chi connectivity index (χ2v) is 7.51. The minimum atomic E-state index is -0.224. The summed E-state index contributed by atoms with van der Waals surface area (Å²) < 4.78 is 16.1. The Morgan fingerprint density at radius 2 is 2.03 bits per heavy atom. The van der Waals surface area contributed by atoms with Gasteiger partial charge in [-0.3, -0.25) is 4.79 Å². The molecule has 156 valence electrons. The number of ether oxygens (including phenoxy) is 2. The van der Waals surface area contributed by atoms with Gasteiger partial charge in [0.15, 0.2) is 11.5 Å². The van der Waals surface area contributed by atoms with Gasteiger partial charge in [0.2, 0.25) is 17.6 Å². The van der Waals surface area contributed by atoms with Crippen molar-refractivity contribution < 1.29 is 18.8 Å². The van der Waals surface area contributed by atoms with Crippen LogP contribution in [-0.2, 0) is 11.2 Å². The number of hydrogen-bond acceptors (Lipinski definition) is 6. The van der Waals surface area contributed by atoms with Crippen molar-refractivity contribution in [2.24, 2.45) is 0 Å². The maximum atomic E-state index is 13.0. The Balaban J connectivity index is 1.50. The number of rotatable bonds is 6. The molecule has 1 atom stereocenters. The Morgan fingerprint density at radius 3 is 2.80 bits per heavy atom. The lowest BCUT2D eigenvalue weighted by Crippen LogP contribution is -2.32. The van der Waals surface area contributed by atoms with E-state index in [9.17, 15) is 4.79 Å². The summed E-state index contributed by atoms with van der Waals surface area (Å²) >= 11 is 6.06. The molecular weight excluding hydrogens is 406 g/mol. The zero-order valence-electron chi connectivity index (χ0n) is 16.8. The van der Waals surface area contributed by atoms with Crippen LogP contribution in [0.3, 0.4) is 0 Å². The van der Waals surface area contributed by atoms with Crippen molar-refractivity contribution in [3.05, 3.63) is 58.9 Å². The number of amides is 1. The molecule has 1 aliphatic heterocycles. The second kappa shape index (κ2) is 8.75. The van der Waals surface area contributed by atoms with Crippen molar-refractivity contribution in [2.75, 3.05) is 20.8 Å². The van der Waals surface area contributed by atoms with Crippen LogP contribution in [0.25, 0.3) is 11.4 Å². The van der Waals surface area contributed by atoms with Crippen LogP contribution >= 0.6 is 11.6 Å². The van der Waals surface area contributed by atoms with E-state index in [1.54, 1.807) is 32.4 Å². The van der Waals surface area contributed by atoms with Gasteiger partial charge in [0.25, 0.3) is 0 Å². The lowest BCUT2D eigenvalue weighted by atomic mass is 10.1. The van der Waals surface area contributed by atoms with Gasteiger partial charge in [-0.2, -0.15) is 4.98 Å². The van der Waals surface area contributed by atoms with Gasteiger partial charge in [-0.15, -0.1) is 0 Å². The highest BCUT2D eigenvalue weighted by Gasteiger charge is 2.34. The quantitative estimate of drug-likeness (QED) is 0.583. The highest BCUT2D eigenvalue weighted by molar-refractivity contribution is 6.30. The normalized spacial score (nSPS) is 16.0. The molecule has 0 radical (unpaired) electrons. The fourth-order valence-electron chi connectivity index (χ4n) is 3.70. The number of likely N-dealkylation sites (tertiary alicyclic amines) is 1. The summed E-state index contributed by atoms with van der Waals surface area (Å²) in [6.07, 6.45) is 1.93. The smallest absolute Gasteiger partial charge is 0.249 e. The lowest BCUT2D eigenvalue weighted by molar-refractivity contribution is -0.131. The number of carbonyl (C=O) groups excluding carboxylic acids is 1. The SMILES string of the molecule is COc1ccc(CC(=O)N2CCCC2c2nc(-c3cccc(Cl)c3)no2)cc1OC. The van der Waals surface area contributed by atoms with Gasteiger partial charge >= 0.3 is 0 Å². The number of methoxy groups -OCH3 is 2. The van der Waals surface area contributed by atoms with Crippen LogP contribution in [-0.4, -0.2) is 41.7 Å². The third-order valence-electron chi connectivity index (χ3n) is 5.19. The Kier molecular flexibility index (Phi) is 5.90. The van der Waals surface area contributed by atoms with Gasteiger partial charge in [-0.25, -0.2) is 0 Å². The van der Waals surface area contributed by atoms with E-state index >= 15 is 0 Å². The van der Waals surface area contributed by atoms with E-state index in [1.807, 2.05) is 29.2 Å². The molecule has 7 nitrogen and oxygen atoms in total. The van der Waals surface area contributed by atoms with Crippen LogP contribution < -0.4 is 9.47 Å². The van der Waals surface area contributed by atoms with Crippen LogP contribution in [0.5, 0.6) is 11.5 Å². The molecule has 1 fully saturated rings. The summed E-state index contributed by atoms with van der Waals surface area (Å²) in [7, 11) is 3.16. The number of aromatic nitrogens is 2. The van der Waals surface area contributed by atoms with Crippen molar-refractivity contribution >= 4 is 17.5 Å². The van der Waals surface area contributed by atoms with Crippen LogP contribution in [0.2, 0.25) is 5.02 Å². The van der Waals surface area contributed by atoms with Crippen molar-refractivity contribution in [1.82, 2.24) is 15.0 Å². The van der Waals surface area contributed by atoms with Gasteiger partial charge in [-0.1, -0.05) is 35.0 Å². The molecule has 8 heteroatoms. The van der Waals surface area contributed by atoms with E-state index in [0.717, 1.165) is 24.0 Å². The fraction of sp³-hybridized carbons (Fsp3) is 0.318. The van der Waals surface area contributed by atoms with Crippen LogP contribution in [0, 0.1) is 0 Å². The predicted octanol–water partition coefficient (Wildman–Crippen LogP) is 4.31. The summed E-state index contributed by atoms with van der Waals surface area (Å²) in [5.41, 5.74) is 1.63. The molecule has 1 aromatic heterocycles. The number of hydrogen-bond donors (Lipinski definition) is 0. The van der Waals surface area contributed by atoms with Crippen LogP contribution in [0.15, 0.2) is 47.0 Å². The summed E-state index contributed by atoms with van der Waals surface area (Å²) in [6.45, 7) is 0.658. The average Bonchev–Trinajstić information content (AvgIpc) is 3.43. The van der Waals surface area contributed by atoms with Crippen molar-refractivity contribution in [1.29, 1.82) is 0 Å². The van der Waals surface area contributed by atoms with Crippen LogP contribution in [0.4, 0.5) is 0 Å². The highest BCUT2D eigenvalue weighted by atomic mass is 35.5. The first-order valence-corrected chi connectivity index (χ1v) is 10.1. The number of halogens is 1. The molecule has 1 unspecified atom stereocenters. The molecule has 3 aromatic rings. The second-order valence-electron chi connectivity index (χ2n) is 7.08. The summed E-state index contributed by atoms with van der Waals surface area (Å²) in [5, 5.41) is 4.68. The number of nitrogens with zero attached hydrogens (tertiary/aromatic N) is 3. The van der Waals surface area contributed by atoms with Gasteiger partial charge in [0.1, 0.15) is 6.04 Å². The maximum absolute atomic E-state index is 13.0. The highest BCUT2D eigenvalue weighted by Crippen LogP contribution is 2.33. The molecule has 1 aliphatic rings. The molecule has 0 saturated carbocycles. The van der Waals surface area contributed by atoms with Crippen molar-refractivity contribution in [3.8, 4) is 22.9 Å². The zero-order chi connectivity index (χ0) is 21.1. The molecule has 1 amide bonds. The van der Waals surface area contributed by atoms with E-state index < -0.39 is 0 Å². The first-order valence-electron chi connectivity index (χ1n) is 9.69. The summed E-state index contributed by atoms with van der Waals surface area (Å²) in [4.78, 5) is 19.4. The Labute approximate surface area is 179 Å². The number of carbonyl (C=O) groups is 1. The molecule has 1 saturated heterocycles.